The minimum Gasteiger partial charge on any atom is -0.481 e. The fraction of sp³-hybridized carbons (Fsp3) is 0.467. The molecule has 20 heavy (non-hydrogen) atoms. The van der Waals surface area contributed by atoms with Crippen LogP contribution in [0.2, 0.25) is 0 Å². The highest BCUT2D eigenvalue weighted by Crippen LogP contribution is 2.34. The van der Waals surface area contributed by atoms with Gasteiger partial charge in [0.15, 0.2) is 0 Å². The van der Waals surface area contributed by atoms with Gasteiger partial charge >= 0.3 is 12.0 Å². The SMILES string of the molecule is O=C(O)CCNC(=O)N[C@@H]1CCC[C@H]1c1ccccc1. The number of hydrogen-bond donors (Lipinski definition) is 3. The molecule has 0 heterocycles. The summed E-state index contributed by atoms with van der Waals surface area (Å²) >= 11 is 0. The Morgan fingerprint density at radius 3 is 2.65 bits per heavy atom. The lowest BCUT2D eigenvalue weighted by Gasteiger charge is -2.21. The van der Waals surface area contributed by atoms with E-state index in [1.165, 1.54) is 5.56 Å². The van der Waals surface area contributed by atoms with E-state index >= 15 is 0 Å². The molecule has 0 radical (unpaired) electrons. The van der Waals surface area contributed by atoms with Crippen LogP contribution in [0.3, 0.4) is 0 Å². The summed E-state index contributed by atoms with van der Waals surface area (Å²) < 4.78 is 0. The molecule has 0 unspecified atom stereocenters. The molecular weight excluding hydrogens is 256 g/mol. The van der Waals surface area contributed by atoms with Crippen molar-refractivity contribution in [1.29, 1.82) is 0 Å². The van der Waals surface area contributed by atoms with Gasteiger partial charge in [-0.1, -0.05) is 36.8 Å². The number of carboxylic acid groups (broad SMARTS) is 1. The molecule has 2 rings (SSSR count). The predicted octanol–water partition coefficient (Wildman–Crippen LogP) is 2.10. The second kappa shape index (κ2) is 6.93. The molecule has 0 aromatic heterocycles. The minimum absolute atomic E-state index is 0.0554. The Bertz CT molecular complexity index is 461. The molecule has 1 aromatic carbocycles. The first-order valence-electron chi connectivity index (χ1n) is 6.98. The van der Waals surface area contributed by atoms with Crippen LogP contribution in [0.5, 0.6) is 0 Å². The predicted molar refractivity (Wildman–Crippen MR) is 75.6 cm³/mol. The van der Waals surface area contributed by atoms with E-state index in [0.717, 1.165) is 19.3 Å². The van der Waals surface area contributed by atoms with Crippen molar-refractivity contribution in [3.8, 4) is 0 Å². The van der Waals surface area contributed by atoms with E-state index < -0.39 is 5.97 Å². The van der Waals surface area contributed by atoms with Crippen molar-refractivity contribution in [1.82, 2.24) is 10.6 Å². The third kappa shape index (κ3) is 3.98. The van der Waals surface area contributed by atoms with Gasteiger partial charge in [0.2, 0.25) is 0 Å². The third-order valence-electron chi connectivity index (χ3n) is 3.68. The lowest BCUT2D eigenvalue weighted by atomic mass is 9.94. The van der Waals surface area contributed by atoms with Crippen LogP contribution in [-0.2, 0) is 4.79 Å². The number of urea groups is 1. The van der Waals surface area contributed by atoms with E-state index in [9.17, 15) is 9.59 Å². The molecule has 5 nitrogen and oxygen atoms in total. The van der Waals surface area contributed by atoms with Crippen molar-refractivity contribution in [2.45, 2.75) is 37.6 Å². The van der Waals surface area contributed by atoms with Gasteiger partial charge in [-0.3, -0.25) is 4.79 Å². The molecule has 2 atom stereocenters. The van der Waals surface area contributed by atoms with Gasteiger partial charge < -0.3 is 15.7 Å². The number of amides is 2. The van der Waals surface area contributed by atoms with Gasteiger partial charge in [-0.2, -0.15) is 0 Å². The molecule has 5 heteroatoms. The van der Waals surface area contributed by atoms with Crippen molar-refractivity contribution in [3.05, 3.63) is 35.9 Å². The summed E-state index contributed by atoms with van der Waals surface area (Å²) in [5.74, 6) is -0.560. The minimum atomic E-state index is -0.909. The maximum Gasteiger partial charge on any atom is 0.315 e. The van der Waals surface area contributed by atoms with Gasteiger partial charge in [0.1, 0.15) is 0 Å². The topological polar surface area (TPSA) is 78.4 Å². The molecule has 1 saturated carbocycles. The number of carbonyl (C=O) groups is 2. The molecule has 108 valence electrons. The number of nitrogens with one attached hydrogen (secondary N) is 2. The molecule has 0 saturated heterocycles. The summed E-state index contributed by atoms with van der Waals surface area (Å²) in [7, 11) is 0. The quantitative estimate of drug-likeness (QED) is 0.770. The molecule has 0 bridgehead atoms. The second-order valence-corrected chi connectivity index (χ2v) is 5.10. The van der Waals surface area contributed by atoms with Crippen LogP contribution in [0.25, 0.3) is 0 Å². The zero-order valence-corrected chi connectivity index (χ0v) is 11.3. The molecule has 1 aliphatic rings. The van der Waals surface area contributed by atoms with Crippen LogP contribution in [-0.4, -0.2) is 29.7 Å². The van der Waals surface area contributed by atoms with E-state index in [0.29, 0.717) is 5.92 Å². The zero-order chi connectivity index (χ0) is 14.4. The van der Waals surface area contributed by atoms with E-state index in [1.54, 1.807) is 0 Å². The summed E-state index contributed by atoms with van der Waals surface area (Å²) in [6.45, 7) is 0.157. The number of aliphatic carboxylic acids is 1. The van der Waals surface area contributed by atoms with Gasteiger partial charge in [-0.25, -0.2) is 4.79 Å². The van der Waals surface area contributed by atoms with Crippen LogP contribution in [0.1, 0.15) is 37.2 Å². The van der Waals surface area contributed by atoms with Crippen LogP contribution in [0.15, 0.2) is 30.3 Å². The van der Waals surface area contributed by atoms with Crippen molar-refractivity contribution in [3.63, 3.8) is 0 Å². The van der Waals surface area contributed by atoms with Crippen LogP contribution in [0, 0.1) is 0 Å². The highest BCUT2D eigenvalue weighted by atomic mass is 16.4. The molecule has 1 aromatic rings. The standard InChI is InChI=1S/C15H20N2O3/c18-14(19)9-10-16-15(20)17-13-8-4-7-12(13)11-5-2-1-3-6-11/h1-3,5-6,12-13H,4,7-10H2,(H,18,19)(H2,16,17,20)/t12-,13+/m0/s1. The Balaban J connectivity index is 1.85. The van der Waals surface area contributed by atoms with Gasteiger partial charge in [-0.05, 0) is 18.4 Å². The number of benzene rings is 1. The number of rotatable bonds is 5. The second-order valence-electron chi connectivity index (χ2n) is 5.10. The normalized spacial score (nSPS) is 21.4. The molecule has 2 amide bonds. The van der Waals surface area contributed by atoms with Gasteiger partial charge in [-0.15, -0.1) is 0 Å². The van der Waals surface area contributed by atoms with Gasteiger partial charge in [0.25, 0.3) is 0 Å². The summed E-state index contributed by atoms with van der Waals surface area (Å²) in [6, 6.07) is 10.0. The van der Waals surface area contributed by atoms with E-state index in [2.05, 4.69) is 22.8 Å². The van der Waals surface area contributed by atoms with Gasteiger partial charge in [0, 0.05) is 18.5 Å². The lowest BCUT2D eigenvalue weighted by Crippen LogP contribution is -2.43. The summed E-state index contributed by atoms with van der Waals surface area (Å²) in [5, 5.41) is 14.1. The fourth-order valence-electron chi connectivity index (χ4n) is 2.73. The van der Waals surface area contributed by atoms with Crippen molar-refractivity contribution in [2.75, 3.05) is 6.54 Å². The molecule has 1 fully saturated rings. The van der Waals surface area contributed by atoms with Crippen LogP contribution >= 0.6 is 0 Å². The molecular formula is C15H20N2O3. The first kappa shape index (κ1) is 14.4. The maximum absolute atomic E-state index is 11.7. The highest BCUT2D eigenvalue weighted by molar-refractivity contribution is 5.75. The average molecular weight is 276 g/mol. The Morgan fingerprint density at radius 2 is 1.95 bits per heavy atom. The molecule has 1 aliphatic carbocycles. The maximum atomic E-state index is 11.7. The average Bonchev–Trinajstić information content (AvgIpc) is 2.87. The van der Waals surface area contributed by atoms with Crippen molar-refractivity contribution < 1.29 is 14.7 Å². The fourth-order valence-corrected chi connectivity index (χ4v) is 2.73. The smallest absolute Gasteiger partial charge is 0.315 e. The molecule has 3 N–H and O–H groups in total. The summed E-state index contributed by atoms with van der Waals surface area (Å²) in [5.41, 5.74) is 1.25. The summed E-state index contributed by atoms with van der Waals surface area (Å²) in [6.07, 6.45) is 3.08. The monoisotopic (exact) mass is 276 g/mol. The number of hydrogen-bond acceptors (Lipinski definition) is 2. The van der Waals surface area contributed by atoms with E-state index in [-0.39, 0.29) is 25.0 Å². The van der Waals surface area contributed by atoms with E-state index in [1.807, 2.05) is 18.2 Å². The zero-order valence-electron chi connectivity index (χ0n) is 11.3. The third-order valence-corrected chi connectivity index (χ3v) is 3.68. The van der Waals surface area contributed by atoms with Gasteiger partial charge in [0.05, 0.1) is 6.42 Å². The first-order valence-corrected chi connectivity index (χ1v) is 6.98. The number of carboxylic acids is 1. The lowest BCUT2D eigenvalue weighted by molar-refractivity contribution is -0.136. The Labute approximate surface area is 118 Å². The largest absolute Gasteiger partial charge is 0.481 e. The van der Waals surface area contributed by atoms with Crippen molar-refractivity contribution >= 4 is 12.0 Å². The Kier molecular flexibility index (Phi) is 4.98. The van der Waals surface area contributed by atoms with Crippen molar-refractivity contribution in [2.24, 2.45) is 0 Å². The van der Waals surface area contributed by atoms with E-state index in [4.69, 9.17) is 5.11 Å². The number of carbonyl (C=O) groups excluding carboxylic acids is 1. The van der Waals surface area contributed by atoms with Crippen LogP contribution < -0.4 is 10.6 Å². The summed E-state index contributed by atoms with van der Waals surface area (Å²) in [4.78, 5) is 22.1. The van der Waals surface area contributed by atoms with Crippen LogP contribution in [0.4, 0.5) is 4.79 Å². The highest BCUT2D eigenvalue weighted by Gasteiger charge is 2.29. The Hall–Kier alpha value is -2.04. The first-order chi connectivity index (χ1) is 9.66. The molecule has 0 spiro atoms. The Morgan fingerprint density at radius 1 is 1.20 bits per heavy atom. The molecule has 0 aliphatic heterocycles.